The molecule has 0 aromatic heterocycles. The molecule has 1 aliphatic heterocycles. The number of carbonyl (C=O) groups excluding carboxylic acids is 1. The van der Waals surface area contributed by atoms with Crippen LogP contribution in [0.1, 0.15) is 46.0 Å². The second-order valence-electron chi connectivity index (χ2n) is 7.11. The molecule has 1 spiro atoms. The summed E-state index contributed by atoms with van der Waals surface area (Å²) in [7, 11) is 1.39. The molecule has 3 aliphatic rings. The summed E-state index contributed by atoms with van der Waals surface area (Å²) >= 11 is 0. The third kappa shape index (κ3) is 1.52. The van der Waals surface area contributed by atoms with Crippen LogP contribution in [0.3, 0.4) is 0 Å². The van der Waals surface area contributed by atoms with Gasteiger partial charge in [-0.1, -0.05) is 13.5 Å². The number of methoxy groups -OCH3 is 1. The van der Waals surface area contributed by atoms with Crippen molar-refractivity contribution in [1.82, 2.24) is 0 Å². The Morgan fingerprint density at radius 1 is 1.35 bits per heavy atom. The molecular formula is C16H24O4. The van der Waals surface area contributed by atoms with Crippen LogP contribution in [0.5, 0.6) is 0 Å². The van der Waals surface area contributed by atoms with Crippen LogP contribution in [0, 0.1) is 11.3 Å². The smallest absolute Gasteiger partial charge is 0.333 e. The molecule has 0 unspecified atom stereocenters. The van der Waals surface area contributed by atoms with Crippen LogP contribution in [0.4, 0.5) is 0 Å². The van der Waals surface area contributed by atoms with Gasteiger partial charge in [-0.25, -0.2) is 4.79 Å². The summed E-state index contributed by atoms with van der Waals surface area (Å²) in [4.78, 5) is 11.7. The number of esters is 1. The van der Waals surface area contributed by atoms with E-state index in [2.05, 4.69) is 13.5 Å². The summed E-state index contributed by atoms with van der Waals surface area (Å²) in [6.07, 6.45) is 4.11. The van der Waals surface area contributed by atoms with E-state index in [0.717, 1.165) is 32.1 Å². The van der Waals surface area contributed by atoms with Crippen LogP contribution >= 0.6 is 0 Å². The summed E-state index contributed by atoms with van der Waals surface area (Å²) < 4.78 is 10.9. The molecule has 2 aliphatic carbocycles. The Labute approximate surface area is 120 Å². The van der Waals surface area contributed by atoms with Crippen LogP contribution in [0.2, 0.25) is 0 Å². The number of ether oxygens (including phenoxy) is 2. The van der Waals surface area contributed by atoms with Gasteiger partial charge in [0.15, 0.2) is 0 Å². The number of carbonyl (C=O) groups is 1. The molecule has 2 saturated carbocycles. The van der Waals surface area contributed by atoms with Gasteiger partial charge in [-0.05, 0) is 50.4 Å². The third-order valence-electron chi connectivity index (χ3n) is 6.25. The first kappa shape index (κ1) is 14.1. The fourth-order valence-corrected chi connectivity index (χ4v) is 4.68. The van der Waals surface area contributed by atoms with Gasteiger partial charge in [0.05, 0.1) is 13.2 Å². The highest BCUT2D eigenvalue weighted by Gasteiger charge is 2.79. The van der Waals surface area contributed by atoms with Crippen molar-refractivity contribution >= 4 is 5.97 Å². The number of aliphatic hydroxyl groups excluding tert-OH is 1. The monoisotopic (exact) mass is 280 g/mol. The lowest BCUT2D eigenvalue weighted by Gasteiger charge is -2.48. The van der Waals surface area contributed by atoms with E-state index >= 15 is 0 Å². The molecule has 1 saturated heterocycles. The zero-order valence-electron chi connectivity index (χ0n) is 12.6. The van der Waals surface area contributed by atoms with E-state index < -0.39 is 11.7 Å². The van der Waals surface area contributed by atoms with Gasteiger partial charge in [-0.2, -0.15) is 0 Å². The largest absolute Gasteiger partial charge is 0.466 e. The van der Waals surface area contributed by atoms with Crippen molar-refractivity contribution in [3.05, 3.63) is 12.2 Å². The highest BCUT2D eigenvalue weighted by atomic mass is 16.6. The number of rotatable bonds is 2. The van der Waals surface area contributed by atoms with E-state index in [1.807, 2.05) is 6.92 Å². The predicted octanol–water partition coefficient (Wildman–Crippen LogP) is 2.20. The molecule has 3 rings (SSSR count). The maximum atomic E-state index is 11.7. The Balaban J connectivity index is 1.86. The molecule has 4 heteroatoms. The quantitative estimate of drug-likeness (QED) is 0.478. The van der Waals surface area contributed by atoms with Gasteiger partial charge in [-0.15, -0.1) is 0 Å². The Morgan fingerprint density at radius 3 is 2.65 bits per heavy atom. The summed E-state index contributed by atoms with van der Waals surface area (Å²) in [6, 6.07) is 0. The van der Waals surface area contributed by atoms with Crippen molar-refractivity contribution < 1.29 is 19.4 Å². The number of epoxide rings is 1. The fourth-order valence-electron chi connectivity index (χ4n) is 4.68. The lowest BCUT2D eigenvalue weighted by atomic mass is 9.53. The van der Waals surface area contributed by atoms with Crippen LogP contribution in [-0.2, 0) is 14.3 Å². The van der Waals surface area contributed by atoms with E-state index in [4.69, 9.17) is 9.47 Å². The van der Waals surface area contributed by atoms with E-state index in [-0.39, 0.29) is 22.9 Å². The first-order chi connectivity index (χ1) is 9.30. The molecule has 3 fully saturated rings. The average Bonchev–Trinajstić information content (AvgIpc) is 3.06. The molecule has 0 bridgehead atoms. The van der Waals surface area contributed by atoms with Crippen molar-refractivity contribution in [2.24, 2.45) is 11.3 Å². The van der Waals surface area contributed by atoms with Gasteiger partial charge in [-0.3, -0.25) is 0 Å². The molecule has 112 valence electrons. The molecule has 1 N–H and O–H groups in total. The topological polar surface area (TPSA) is 59.1 Å². The van der Waals surface area contributed by atoms with E-state index in [9.17, 15) is 9.90 Å². The van der Waals surface area contributed by atoms with Crippen molar-refractivity contribution in [1.29, 1.82) is 0 Å². The minimum atomic E-state index is -0.449. The lowest BCUT2D eigenvalue weighted by molar-refractivity contribution is -0.137. The summed E-state index contributed by atoms with van der Waals surface area (Å²) in [6.45, 7) is 8.19. The molecule has 0 radical (unpaired) electrons. The van der Waals surface area contributed by atoms with Gasteiger partial charge in [0.2, 0.25) is 0 Å². The highest BCUT2D eigenvalue weighted by molar-refractivity contribution is 5.88. The normalized spacial score (nSPS) is 49.8. The van der Waals surface area contributed by atoms with Crippen molar-refractivity contribution in [3.8, 4) is 0 Å². The molecule has 1 heterocycles. The highest BCUT2D eigenvalue weighted by Crippen LogP contribution is 2.71. The van der Waals surface area contributed by atoms with Crippen molar-refractivity contribution in [3.63, 3.8) is 0 Å². The Kier molecular flexibility index (Phi) is 2.87. The van der Waals surface area contributed by atoms with Gasteiger partial charge in [0, 0.05) is 5.57 Å². The predicted molar refractivity (Wildman–Crippen MR) is 74.1 cm³/mol. The van der Waals surface area contributed by atoms with Gasteiger partial charge in [0.1, 0.15) is 11.2 Å². The third-order valence-corrected chi connectivity index (χ3v) is 6.25. The molecule has 5 atom stereocenters. The Hall–Kier alpha value is -0.870. The summed E-state index contributed by atoms with van der Waals surface area (Å²) in [5, 5.41) is 10.3. The van der Waals surface area contributed by atoms with Crippen molar-refractivity contribution in [2.45, 2.75) is 63.3 Å². The van der Waals surface area contributed by atoms with Crippen LogP contribution in [0.15, 0.2) is 12.2 Å². The first-order valence-corrected chi connectivity index (χ1v) is 7.45. The second kappa shape index (κ2) is 4.08. The number of hydrogen-bond acceptors (Lipinski definition) is 4. The molecule has 0 amide bonds. The summed E-state index contributed by atoms with van der Waals surface area (Å²) in [5.74, 6) is -0.226. The van der Waals surface area contributed by atoms with E-state index in [1.165, 1.54) is 7.11 Å². The van der Waals surface area contributed by atoms with Gasteiger partial charge in [0.25, 0.3) is 0 Å². The molecular weight excluding hydrogens is 256 g/mol. The Bertz CT molecular complexity index is 473. The number of hydrogen-bond donors (Lipinski definition) is 1. The van der Waals surface area contributed by atoms with E-state index in [1.54, 1.807) is 0 Å². The minimum Gasteiger partial charge on any atom is -0.466 e. The molecule has 4 nitrogen and oxygen atoms in total. The first-order valence-electron chi connectivity index (χ1n) is 7.45. The maximum Gasteiger partial charge on any atom is 0.333 e. The SMILES string of the molecule is C=C(C(=O)OC)[C@@H]1CC[C@@]2(C)CC[C@@H](O)[C@@]3(C)O[C@@]23C1. The molecule has 0 aromatic carbocycles. The summed E-state index contributed by atoms with van der Waals surface area (Å²) in [5.41, 5.74) is -0.0950. The standard InChI is InChI=1S/C16H24O4/c1-10(13(18)19-4)11-5-7-14(2)8-6-12(17)15(3)16(14,9-11)20-15/h11-12,17H,1,5-9H2,2-4H3/t11-,12-,14+,15-,16+/m1/s1. The maximum absolute atomic E-state index is 11.7. The van der Waals surface area contributed by atoms with Crippen LogP contribution in [0.25, 0.3) is 0 Å². The molecule has 20 heavy (non-hydrogen) atoms. The lowest BCUT2D eigenvalue weighted by Crippen LogP contribution is -2.53. The minimum absolute atomic E-state index is 0.0997. The van der Waals surface area contributed by atoms with Gasteiger partial charge >= 0.3 is 5.97 Å². The zero-order chi connectivity index (χ0) is 14.8. The number of aliphatic hydroxyl groups is 1. The Morgan fingerprint density at radius 2 is 2.00 bits per heavy atom. The average molecular weight is 280 g/mol. The molecule has 0 aromatic rings. The fraction of sp³-hybridized carbons (Fsp3) is 0.812. The van der Waals surface area contributed by atoms with E-state index in [0.29, 0.717) is 5.57 Å². The zero-order valence-corrected chi connectivity index (χ0v) is 12.6. The van der Waals surface area contributed by atoms with Crippen molar-refractivity contribution in [2.75, 3.05) is 7.11 Å². The van der Waals surface area contributed by atoms with Crippen LogP contribution < -0.4 is 0 Å². The van der Waals surface area contributed by atoms with Crippen LogP contribution in [-0.4, -0.2) is 35.5 Å². The van der Waals surface area contributed by atoms with Gasteiger partial charge < -0.3 is 14.6 Å². The second-order valence-corrected chi connectivity index (χ2v) is 7.11.